The van der Waals surface area contributed by atoms with Gasteiger partial charge in [-0.2, -0.15) is 16.6 Å². The van der Waals surface area contributed by atoms with Crippen molar-refractivity contribution in [1.82, 2.24) is 5.32 Å². The van der Waals surface area contributed by atoms with E-state index in [2.05, 4.69) is 5.32 Å². The van der Waals surface area contributed by atoms with Crippen LogP contribution in [0.5, 0.6) is 0 Å². The van der Waals surface area contributed by atoms with Crippen molar-refractivity contribution in [1.29, 1.82) is 5.26 Å². The van der Waals surface area contributed by atoms with Crippen molar-refractivity contribution >= 4 is 17.2 Å². The molecule has 0 aliphatic carbocycles. The Labute approximate surface area is 81.0 Å². The summed E-state index contributed by atoms with van der Waals surface area (Å²) in [5, 5.41) is 14.9. The molecule has 1 unspecified atom stereocenters. The minimum atomic E-state index is -0.411. The predicted octanol–water partition coefficient (Wildman–Crippen LogP) is 1.32. The number of nitrogens with one attached hydrogen (secondary N) is 1. The molecule has 0 aliphatic heterocycles. The van der Waals surface area contributed by atoms with E-state index in [0.717, 1.165) is 5.56 Å². The second-order valence-electron chi connectivity index (χ2n) is 2.73. The van der Waals surface area contributed by atoms with Crippen molar-refractivity contribution in [2.45, 2.75) is 19.4 Å². The summed E-state index contributed by atoms with van der Waals surface area (Å²) in [6, 6.07) is 3.44. The van der Waals surface area contributed by atoms with Crippen LogP contribution < -0.4 is 5.32 Å². The van der Waals surface area contributed by atoms with Gasteiger partial charge in [0.2, 0.25) is 5.91 Å². The van der Waals surface area contributed by atoms with Gasteiger partial charge < -0.3 is 5.32 Å². The fraction of sp³-hybridized carbons (Fsp3) is 0.333. The summed E-state index contributed by atoms with van der Waals surface area (Å²) in [7, 11) is 0. The monoisotopic (exact) mass is 194 g/mol. The van der Waals surface area contributed by atoms with Crippen molar-refractivity contribution in [3.05, 3.63) is 22.4 Å². The average molecular weight is 194 g/mol. The van der Waals surface area contributed by atoms with Crippen LogP contribution in [0.2, 0.25) is 0 Å². The summed E-state index contributed by atoms with van der Waals surface area (Å²) in [6.07, 6.45) is 0.357. The number of thiophene rings is 1. The molecule has 1 rings (SSSR count). The second kappa shape index (κ2) is 4.63. The molecule has 1 N–H and O–H groups in total. The molecule has 0 fully saturated rings. The van der Waals surface area contributed by atoms with E-state index in [-0.39, 0.29) is 5.91 Å². The van der Waals surface area contributed by atoms with Crippen LogP contribution >= 0.6 is 11.3 Å². The number of rotatable bonds is 3. The lowest BCUT2D eigenvalue weighted by atomic mass is 10.2. The van der Waals surface area contributed by atoms with Gasteiger partial charge in [0.1, 0.15) is 6.04 Å². The van der Waals surface area contributed by atoms with Crippen molar-refractivity contribution in [3.8, 4) is 6.07 Å². The highest BCUT2D eigenvalue weighted by Gasteiger charge is 2.06. The minimum absolute atomic E-state index is 0.104. The first-order valence-electron chi connectivity index (χ1n) is 3.92. The van der Waals surface area contributed by atoms with Crippen LogP contribution in [-0.2, 0) is 11.2 Å². The van der Waals surface area contributed by atoms with Crippen LogP contribution in [-0.4, -0.2) is 11.9 Å². The first-order chi connectivity index (χ1) is 6.22. The maximum Gasteiger partial charge on any atom is 0.225 e. The smallest absolute Gasteiger partial charge is 0.225 e. The third kappa shape index (κ3) is 3.26. The number of nitriles is 1. The van der Waals surface area contributed by atoms with E-state index in [1.165, 1.54) is 0 Å². The van der Waals surface area contributed by atoms with Crippen molar-refractivity contribution in [2.75, 3.05) is 0 Å². The SMILES string of the molecule is CC(C#N)NC(=O)Cc1ccsc1. The summed E-state index contributed by atoms with van der Waals surface area (Å²) < 4.78 is 0. The largest absolute Gasteiger partial charge is 0.340 e. The molecular formula is C9H10N2OS. The molecule has 1 atom stereocenters. The summed E-state index contributed by atoms with van der Waals surface area (Å²) in [6.45, 7) is 1.66. The Morgan fingerprint density at radius 2 is 2.62 bits per heavy atom. The Kier molecular flexibility index (Phi) is 3.47. The number of nitrogens with zero attached hydrogens (tertiary/aromatic N) is 1. The van der Waals surface area contributed by atoms with Crippen molar-refractivity contribution < 1.29 is 4.79 Å². The third-order valence-electron chi connectivity index (χ3n) is 1.52. The first-order valence-corrected chi connectivity index (χ1v) is 4.86. The molecule has 4 heteroatoms. The third-order valence-corrected chi connectivity index (χ3v) is 2.25. The fourth-order valence-electron chi connectivity index (χ4n) is 0.903. The molecular weight excluding hydrogens is 184 g/mol. The molecule has 1 amide bonds. The van der Waals surface area contributed by atoms with E-state index in [1.807, 2.05) is 22.9 Å². The van der Waals surface area contributed by atoms with Gasteiger partial charge in [-0.25, -0.2) is 0 Å². The Hall–Kier alpha value is -1.34. The van der Waals surface area contributed by atoms with Crippen LogP contribution in [0.1, 0.15) is 12.5 Å². The van der Waals surface area contributed by atoms with Crippen molar-refractivity contribution in [3.63, 3.8) is 0 Å². The molecule has 0 radical (unpaired) electrons. The molecule has 0 aromatic carbocycles. The van der Waals surface area contributed by atoms with E-state index in [1.54, 1.807) is 18.3 Å². The van der Waals surface area contributed by atoms with Crippen LogP contribution in [0, 0.1) is 11.3 Å². The highest BCUT2D eigenvalue weighted by molar-refractivity contribution is 7.07. The van der Waals surface area contributed by atoms with Crippen LogP contribution in [0.15, 0.2) is 16.8 Å². The average Bonchev–Trinajstić information content (AvgIpc) is 2.56. The van der Waals surface area contributed by atoms with Gasteiger partial charge >= 0.3 is 0 Å². The molecule has 3 nitrogen and oxygen atoms in total. The molecule has 0 aliphatic rings. The standard InChI is InChI=1S/C9H10N2OS/c1-7(5-10)11-9(12)4-8-2-3-13-6-8/h2-3,6-7H,4H2,1H3,(H,11,12). The van der Waals surface area contributed by atoms with Gasteiger partial charge in [0.05, 0.1) is 12.5 Å². The van der Waals surface area contributed by atoms with Gasteiger partial charge in [0.15, 0.2) is 0 Å². The first kappa shape index (κ1) is 9.75. The summed E-state index contributed by atoms with van der Waals surface area (Å²) in [5.41, 5.74) is 0.993. The summed E-state index contributed by atoms with van der Waals surface area (Å²) in [5.74, 6) is -0.104. The van der Waals surface area contributed by atoms with Gasteiger partial charge in [-0.3, -0.25) is 4.79 Å². The molecule has 0 saturated carbocycles. The van der Waals surface area contributed by atoms with Gasteiger partial charge in [0, 0.05) is 0 Å². The predicted molar refractivity (Wildman–Crippen MR) is 51.2 cm³/mol. The zero-order chi connectivity index (χ0) is 9.68. The lowest BCUT2D eigenvalue weighted by Gasteiger charge is -2.04. The van der Waals surface area contributed by atoms with E-state index < -0.39 is 6.04 Å². The van der Waals surface area contributed by atoms with E-state index in [0.29, 0.717) is 6.42 Å². The maximum atomic E-state index is 11.2. The van der Waals surface area contributed by atoms with Crippen molar-refractivity contribution in [2.24, 2.45) is 0 Å². The number of carbonyl (C=O) groups excluding carboxylic acids is 1. The fourth-order valence-corrected chi connectivity index (χ4v) is 1.57. The van der Waals surface area contributed by atoms with E-state index in [9.17, 15) is 4.79 Å². The van der Waals surface area contributed by atoms with E-state index >= 15 is 0 Å². The summed E-state index contributed by atoms with van der Waals surface area (Å²) >= 11 is 1.56. The Morgan fingerprint density at radius 3 is 3.15 bits per heavy atom. The Morgan fingerprint density at radius 1 is 1.85 bits per heavy atom. The van der Waals surface area contributed by atoms with Crippen LogP contribution in [0.4, 0.5) is 0 Å². The van der Waals surface area contributed by atoms with Gasteiger partial charge in [0.25, 0.3) is 0 Å². The lowest BCUT2D eigenvalue weighted by Crippen LogP contribution is -2.32. The maximum absolute atomic E-state index is 11.2. The molecule has 13 heavy (non-hydrogen) atoms. The van der Waals surface area contributed by atoms with Crippen LogP contribution in [0.25, 0.3) is 0 Å². The summed E-state index contributed by atoms with van der Waals surface area (Å²) in [4.78, 5) is 11.2. The molecule has 68 valence electrons. The molecule has 1 heterocycles. The second-order valence-corrected chi connectivity index (χ2v) is 3.51. The topological polar surface area (TPSA) is 52.9 Å². The normalized spacial score (nSPS) is 11.7. The molecule has 1 aromatic rings. The number of hydrogen-bond acceptors (Lipinski definition) is 3. The number of carbonyl (C=O) groups is 1. The molecule has 1 aromatic heterocycles. The quantitative estimate of drug-likeness (QED) is 0.789. The van der Waals surface area contributed by atoms with Gasteiger partial charge in [-0.15, -0.1) is 0 Å². The molecule has 0 bridgehead atoms. The lowest BCUT2D eigenvalue weighted by molar-refractivity contribution is -0.120. The van der Waals surface area contributed by atoms with Gasteiger partial charge in [-0.05, 0) is 29.3 Å². The van der Waals surface area contributed by atoms with Gasteiger partial charge in [-0.1, -0.05) is 0 Å². The zero-order valence-corrected chi connectivity index (χ0v) is 8.10. The van der Waals surface area contributed by atoms with E-state index in [4.69, 9.17) is 5.26 Å². The van der Waals surface area contributed by atoms with Crippen LogP contribution in [0.3, 0.4) is 0 Å². The zero-order valence-electron chi connectivity index (χ0n) is 7.28. The number of hydrogen-bond donors (Lipinski definition) is 1. The highest BCUT2D eigenvalue weighted by atomic mass is 32.1. The highest BCUT2D eigenvalue weighted by Crippen LogP contribution is 2.06. The Bertz CT molecular complexity index is 313. The minimum Gasteiger partial charge on any atom is -0.340 e. The molecule has 0 spiro atoms. The number of amides is 1. The Balaban J connectivity index is 2.39. The molecule has 0 saturated heterocycles.